The number of hydrogen-bond acceptors (Lipinski definition) is 4. The van der Waals surface area contributed by atoms with Crippen LogP contribution in [0.4, 0.5) is 0 Å². The molecule has 0 aliphatic heterocycles. The quantitative estimate of drug-likeness (QED) is 0.543. The molecule has 100 valence electrons. The molecule has 4 nitrogen and oxygen atoms in total. The molecule has 4 heteroatoms. The molecule has 2 atom stereocenters. The summed E-state index contributed by atoms with van der Waals surface area (Å²) in [6, 6.07) is 7.56. The van der Waals surface area contributed by atoms with Gasteiger partial charge in [-0.15, -0.1) is 6.58 Å². The van der Waals surface area contributed by atoms with E-state index in [1.165, 1.54) is 7.11 Å². The first kappa shape index (κ1) is 14.9. The molecule has 0 radical (unpaired) electrons. The van der Waals surface area contributed by atoms with Crippen LogP contribution in [-0.2, 0) is 16.1 Å². The van der Waals surface area contributed by atoms with Crippen molar-refractivity contribution in [2.75, 3.05) is 20.3 Å². The average molecular weight is 252 g/mol. The zero-order valence-electron chi connectivity index (χ0n) is 10.6. The van der Waals surface area contributed by atoms with Gasteiger partial charge in [-0.2, -0.15) is 0 Å². The summed E-state index contributed by atoms with van der Waals surface area (Å²) < 4.78 is 10.6. The minimum atomic E-state index is -0.931. The van der Waals surface area contributed by atoms with Gasteiger partial charge in [-0.05, 0) is 11.1 Å². The van der Waals surface area contributed by atoms with Crippen molar-refractivity contribution < 1.29 is 19.7 Å². The number of hydrogen-bond donors (Lipinski definition) is 2. The Morgan fingerprint density at radius 1 is 1.44 bits per heavy atom. The summed E-state index contributed by atoms with van der Waals surface area (Å²) in [4.78, 5) is 0. The molecule has 1 rings (SSSR count). The van der Waals surface area contributed by atoms with Gasteiger partial charge < -0.3 is 19.7 Å². The number of methoxy groups -OCH3 is 1. The second kappa shape index (κ2) is 8.00. The topological polar surface area (TPSA) is 58.9 Å². The third-order valence-electron chi connectivity index (χ3n) is 2.57. The third kappa shape index (κ3) is 4.23. The highest BCUT2D eigenvalue weighted by Gasteiger charge is 2.19. The van der Waals surface area contributed by atoms with Crippen molar-refractivity contribution in [3.8, 4) is 0 Å². The summed E-state index contributed by atoms with van der Waals surface area (Å²) in [5.74, 6) is 0. The highest BCUT2D eigenvalue weighted by Crippen LogP contribution is 2.21. The Morgan fingerprint density at radius 2 is 2.22 bits per heavy atom. The zero-order valence-corrected chi connectivity index (χ0v) is 10.6. The van der Waals surface area contributed by atoms with Crippen molar-refractivity contribution in [2.45, 2.75) is 18.8 Å². The highest BCUT2D eigenvalue weighted by molar-refractivity contribution is 5.25. The van der Waals surface area contributed by atoms with Crippen LogP contribution in [0.3, 0.4) is 0 Å². The lowest BCUT2D eigenvalue weighted by Crippen LogP contribution is -2.23. The molecule has 1 aromatic carbocycles. The predicted octanol–water partition coefficient (Wildman–Crippen LogP) is 1.43. The maximum Gasteiger partial charge on any atom is 0.110 e. The molecule has 0 unspecified atom stereocenters. The van der Waals surface area contributed by atoms with Crippen molar-refractivity contribution >= 4 is 0 Å². The summed E-state index contributed by atoms with van der Waals surface area (Å²) >= 11 is 0. The van der Waals surface area contributed by atoms with Gasteiger partial charge in [0, 0.05) is 7.11 Å². The molecule has 0 saturated heterocycles. The van der Waals surface area contributed by atoms with E-state index in [1.807, 2.05) is 24.3 Å². The van der Waals surface area contributed by atoms with Crippen LogP contribution in [0, 0.1) is 0 Å². The number of ether oxygens (including phenoxy) is 2. The standard InChI is InChI=1S/C14H20O4/c1-3-7-18-10-11-5-4-6-12(8-11)14(17-2)13(16)9-15/h3-6,8,13-16H,1,7,9-10H2,2H3/t13-,14+/m1/s1. The third-order valence-corrected chi connectivity index (χ3v) is 2.57. The molecule has 0 heterocycles. The van der Waals surface area contributed by atoms with Gasteiger partial charge in [-0.3, -0.25) is 0 Å². The molecule has 0 amide bonds. The minimum Gasteiger partial charge on any atom is -0.394 e. The smallest absolute Gasteiger partial charge is 0.110 e. The molecule has 0 aliphatic rings. The summed E-state index contributed by atoms with van der Waals surface area (Å²) in [5.41, 5.74) is 1.81. The van der Waals surface area contributed by atoms with E-state index in [-0.39, 0.29) is 6.61 Å². The maximum atomic E-state index is 9.66. The molecule has 1 aromatic rings. The van der Waals surface area contributed by atoms with Crippen molar-refractivity contribution in [3.63, 3.8) is 0 Å². The van der Waals surface area contributed by atoms with Crippen LogP contribution in [0.25, 0.3) is 0 Å². The lowest BCUT2D eigenvalue weighted by Gasteiger charge is -2.20. The Labute approximate surface area is 107 Å². The van der Waals surface area contributed by atoms with Crippen molar-refractivity contribution in [1.29, 1.82) is 0 Å². The largest absolute Gasteiger partial charge is 0.394 e. The van der Waals surface area contributed by atoms with E-state index in [0.29, 0.717) is 13.2 Å². The van der Waals surface area contributed by atoms with Crippen molar-refractivity contribution in [1.82, 2.24) is 0 Å². The van der Waals surface area contributed by atoms with E-state index < -0.39 is 12.2 Å². The van der Waals surface area contributed by atoms with Gasteiger partial charge in [-0.25, -0.2) is 0 Å². The van der Waals surface area contributed by atoms with Gasteiger partial charge in [0.15, 0.2) is 0 Å². The molecule has 2 N–H and O–H groups in total. The molecule has 0 aliphatic carbocycles. The van der Waals surface area contributed by atoms with Gasteiger partial charge in [0.05, 0.1) is 19.8 Å². The Balaban J connectivity index is 2.75. The van der Waals surface area contributed by atoms with Crippen LogP contribution in [0.2, 0.25) is 0 Å². The SMILES string of the molecule is C=CCOCc1cccc([C@H](OC)[C@H](O)CO)c1. The first-order valence-corrected chi connectivity index (χ1v) is 5.82. The van der Waals surface area contributed by atoms with E-state index in [0.717, 1.165) is 11.1 Å². The summed E-state index contributed by atoms with van der Waals surface area (Å²) in [6.45, 7) is 4.22. The highest BCUT2D eigenvalue weighted by atomic mass is 16.5. The van der Waals surface area contributed by atoms with E-state index in [1.54, 1.807) is 6.08 Å². The Hall–Kier alpha value is -1.20. The molecule has 0 bridgehead atoms. The second-order valence-electron chi connectivity index (χ2n) is 3.96. The Bertz CT molecular complexity index is 365. The molecule has 0 spiro atoms. The monoisotopic (exact) mass is 252 g/mol. The Kier molecular flexibility index (Phi) is 6.60. The van der Waals surface area contributed by atoms with Crippen LogP contribution in [0.5, 0.6) is 0 Å². The van der Waals surface area contributed by atoms with Crippen LogP contribution < -0.4 is 0 Å². The van der Waals surface area contributed by atoms with E-state index in [9.17, 15) is 5.11 Å². The first-order chi connectivity index (χ1) is 8.72. The van der Waals surface area contributed by atoms with Crippen LogP contribution >= 0.6 is 0 Å². The predicted molar refractivity (Wildman–Crippen MR) is 69.1 cm³/mol. The van der Waals surface area contributed by atoms with E-state index in [2.05, 4.69) is 6.58 Å². The molecule has 0 fully saturated rings. The molecular weight excluding hydrogens is 232 g/mol. The van der Waals surface area contributed by atoms with Crippen LogP contribution in [0.1, 0.15) is 17.2 Å². The van der Waals surface area contributed by atoms with Crippen LogP contribution in [0.15, 0.2) is 36.9 Å². The van der Waals surface area contributed by atoms with Crippen molar-refractivity contribution in [2.24, 2.45) is 0 Å². The normalized spacial score (nSPS) is 14.2. The van der Waals surface area contributed by atoms with Gasteiger partial charge >= 0.3 is 0 Å². The average Bonchev–Trinajstić information content (AvgIpc) is 2.40. The number of aliphatic hydroxyl groups is 2. The molecule has 18 heavy (non-hydrogen) atoms. The molecular formula is C14H20O4. The lowest BCUT2D eigenvalue weighted by molar-refractivity contribution is -0.0393. The van der Waals surface area contributed by atoms with Gasteiger partial charge in [-0.1, -0.05) is 30.3 Å². The fourth-order valence-electron chi connectivity index (χ4n) is 1.73. The van der Waals surface area contributed by atoms with E-state index >= 15 is 0 Å². The Morgan fingerprint density at radius 3 is 2.83 bits per heavy atom. The second-order valence-corrected chi connectivity index (χ2v) is 3.96. The fraction of sp³-hybridized carbons (Fsp3) is 0.429. The minimum absolute atomic E-state index is 0.338. The number of benzene rings is 1. The number of aliphatic hydroxyl groups excluding tert-OH is 2. The summed E-state index contributed by atoms with van der Waals surface area (Å²) in [7, 11) is 1.50. The zero-order chi connectivity index (χ0) is 13.4. The summed E-state index contributed by atoms with van der Waals surface area (Å²) in [5, 5.41) is 18.6. The molecule has 0 saturated carbocycles. The van der Waals surface area contributed by atoms with Crippen LogP contribution in [-0.4, -0.2) is 36.6 Å². The fourth-order valence-corrected chi connectivity index (χ4v) is 1.73. The van der Waals surface area contributed by atoms with Crippen molar-refractivity contribution in [3.05, 3.63) is 48.0 Å². The lowest BCUT2D eigenvalue weighted by atomic mass is 10.0. The number of rotatable bonds is 8. The van der Waals surface area contributed by atoms with E-state index in [4.69, 9.17) is 14.6 Å². The molecule has 0 aromatic heterocycles. The maximum absolute atomic E-state index is 9.66. The van der Waals surface area contributed by atoms with Gasteiger partial charge in [0.2, 0.25) is 0 Å². The summed E-state index contributed by atoms with van der Waals surface area (Å²) in [6.07, 6.45) is 0.228. The van der Waals surface area contributed by atoms with Gasteiger partial charge in [0.1, 0.15) is 12.2 Å². The first-order valence-electron chi connectivity index (χ1n) is 5.82. The van der Waals surface area contributed by atoms with Gasteiger partial charge in [0.25, 0.3) is 0 Å².